The summed E-state index contributed by atoms with van der Waals surface area (Å²) in [6, 6.07) is 6.85. The smallest absolute Gasteiger partial charge is 0.273 e. The molecule has 0 bridgehead atoms. The van der Waals surface area contributed by atoms with Crippen LogP contribution >= 0.6 is 0 Å². The number of fused-ring (bicyclic) bond motifs is 1. The molecule has 10 heteroatoms. The molecule has 0 saturated heterocycles. The van der Waals surface area contributed by atoms with Gasteiger partial charge in [0, 0.05) is 31.0 Å². The molecule has 37 heavy (non-hydrogen) atoms. The third-order valence-electron chi connectivity index (χ3n) is 5.96. The van der Waals surface area contributed by atoms with Crippen LogP contribution < -0.4 is 14.8 Å². The Hall–Kier alpha value is -3.11. The molecule has 1 atom stereocenters. The van der Waals surface area contributed by atoms with Crippen LogP contribution in [-0.4, -0.2) is 49.6 Å². The van der Waals surface area contributed by atoms with E-state index < -0.39 is 23.3 Å². The summed E-state index contributed by atoms with van der Waals surface area (Å²) in [5, 5.41) is 3.79. The highest BCUT2D eigenvalue weighted by atomic mass is 19.3. The summed E-state index contributed by atoms with van der Waals surface area (Å²) in [6.45, 7) is 5.60. The minimum atomic E-state index is -3.30. The molecular formula is C27H32F3N3O4. The number of halogens is 3. The zero-order chi connectivity index (χ0) is 26.6. The van der Waals surface area contributed by atoms with Gasteiger partial charge in [-0.05, 0) is 32.8 Å². The van der Waals surface area contributed by atoms with Crippen LogP contribution in [0.2, 0.25) is 0 Å². The average Bonchev–Trinajstić information content (AvgIpc) is 3.66. The lowest BCUT2D eigenvalue weighted by atomic mass is 10.0. The van der Waals surface area contributed by atoms with E-state index in [1.807, 2.05) is 0 Å². The molecule has 1 aliphatic rings. The van der Waals surface area contributed by atoms with Crippen LogP contribution in [0, 0.1) is 12.7 Å². The number of aryl methyl sites for hydroxylation is 1. The number of aromatic nitrogens is 2. The van der Waals surface area contributed by atoms with Crippen LogP contribution in [0.4, 0.5) is 19.0 Å². The first-order chi connectivity index (χ1) is 17.7. The molecule has 1 aromatic heterocycles. The molecule has 1 fully saturated rings. The van der Waals surface area contributed by atoms with Crippen molar-refractivity contribution >= 4 is 16.7 Å². The normalized spacial score (nSPS) is 14.6. The molecule has 1 aliphatic carbocycles. The fraction of sp³-hybridized carbons (Fsp3) is 0.481. The zero-order valence-corrected chi connectivity index (χ0v) is 21.4. The van der Waals surface area contributed by atoms with Crippen molar-refractivity contribution in [1.82, 2.24) is 9.97 Å². The van der Waals surface area contributed by atoms with Crippen molar-refractivity contribution in [1.29, 1.82) is 0 Å². The van der Waals surface area contributed by atoms with Gasteiger partial charge in [-0.1, -0.05) is 18.2 Å². The monoisotopic (exact) mass is 519 g/mol. The number of anilines is 1. The lowest BCUT2D eigenvalue weighted by Crippen LogP contribution is -2.16. The third kappa shape index (κ3) is 6.81. The second-order valence-corrected chi connectivity index (χ2v) is 9.16. The van der Waals surface area contributed by atoms with Gasteiger partial charge in [0.1, 0.15) is 30.7 Å². The van der Waals surface area contributed by atoms with Crippen LogP contribution in [0.15, 0.2) is 30.3 Å². The highest BCUT2D eigenvalue weighted by Crippen LogP contribution is 2.37. The van der Waals surface area contributed by atoms with Crippen molar-refractivity contribution in [3.8, 4) is 11.5 Å². The number of hydrogen-bond acceptors (Lipinski definition) is 7. The molecular weight excluding hydrogens is 487 g/mol. The Kier molecular flexibility index (Phi) is 8.39. The van der Waals surface area contributed by atoms with Crippen molar-refractivity contribution in [3.63, 3.8) is 0 Å². The van der Waals surface area contributed by atoms with Gasteiger partial charge in [0.05, 0.1) is 36.4 Å². The van der Waals surface area contributed by atoms with E-state index in [1.54, 1.807) is 33.1 Å². The van der Waals surface area contributed by atoms with E-state index in [0.29, 0.717) is 73.5 Å². The number of ether oxygens (including phenoxy) is 4. The standard InChI is InChI=1S/C27H32F3N3O4/c1-16(19-6-5-7-21(25(19)28)27(3,29)30)31-26-20-14-23(37-13-12-35-18-8-9-18)24(36-11-10-34-4)15-22(20)32-17(2)33-26/h5-7,14-16,18H,8-13H2,1-4H3,(H,31,32,33)/t16-/m1/s1. The molecule has 2 aromatic carbocycles. The predicted octanol–water partition coefficient (Wildman–Crippen LogP) is 5.95. The van der Waals surface area contributed by atoms with Crippen molar-refractivity contribution in [2.24, 2.45) is 0 Å². The van der Waals surface area contributed by atoms with Gasteiger partial charge in [-0.3, -0.25) is 0 Å². The predicted molar refractivity (Wildman–Crippen MR) is 134 cm³/mol. The Morgan fingerprint density at radius 3 is 2.43 bits per heavy atom. The maximum Gasteiger partial charge on any atom is 0.273 e. The Labute approximate surface area is 214 Å². The number of alkyl halides is 2. The van der Waals surface area contributed by atoms with Crippen molar-refractivity contribution in [2.45, 2.75) is 51.7 Å². The molecule has 3 aromatic rings. The van der Waals surface area contributed by atoms with Crippen LogP contribution in [0.25, 0.3) is 10.9 Å². The number of nitrogens with one attached hydrogen (secondary N) is 1. The van der Waals surface area contributed by atoms with E-state index in [9.17, 15) is 8.78 Å². The van der Waals surface area contributed by atoms with E-state index in [0.717, 1.165) is 18.9 Å². The first kappa shape index (κ1) is 26.9. The number of hydrogen-bond donors (Lipinski definition) is 1. The molecule has 0 radical (unpaired) electrons. The van der Waals surface area contributed by atoms with Crippen LogP contribution in [-0.2, 0) is 15.4 Å². The molecule has 7 nitrogen and oxygen atoms in total. The summed E-state index contributed by atoms with van der Waals surface area (Å²) >= 11 is 0. The summed E-state index contributed by atoms with van der Waals surface area (Å²) in [4.78, 5) is 9.03. The van der Waals surface area contributed by atoms with E-state index in [-0.39, 0.29) is 5.56 Å². The molecule has 1 heterocycles. The van der Waals surface area contributed by atoms with Gasteiger partial charge >= 0.3 is 0 Å². The van der Waals surface area contributed by atoms with Gasteiger partial charge in [0.25, 0.3) is 5.92 Å². The fourth-order valence-corrected chi connectivity index (χ4v) is 3.93. The molecule has 0 unspecified atom stereocenters. The highest BCUT2D eigenvalue weighted by molar-refractivity contribution is 5.92. The minimum absolute atomic E-state index is 0.108. The van der Waals surface area contributed by atoms with Crippen LogP contribution in [0.1, 0.15) is 49.7 Å². The molecule has 1 saturated carbocycles. The molecule has 4 rings (SSSR count). The van der Waals surface area contributed by atoms with Gasteiger partial charge in [0.2, 0.25) is 0 Å². The quantitative estimate of drug-likeness (QED) is 0.280. The maximum atomic E-state index is 15.0. The van der Waals surface area contributed by atoms with Gasteiger partial charge in [-0.2, -0.15) is 0 Å². The average molecular weight is 520 g/mol. The number of nitrogens with zero attached hydrogens (tertiary/aromatic N) is 2. The highest BCUT2D eigenvalue weighted by Gasteiger charge is 2.30. The largest absolute Gasteiger partial charge is 0.487 e. The van der Waals surface area contributed by atoms with Crippen molar-refractivity contribution < 1.29 is 32.1 Å². The van der Waals surface area contributed by atoms with E-state index in [1.165, 1.54) is 12.1 Å². The van der Waals surface area contributed by atoms with Crippen LogP contribution in [0.3, 0.4) is 0 Å². The summed E-state index contributed by atoms with van der Waals surface area (Å²) in [6.07, 6.45) is 2.47. The second-order valence-electron chi connectivity index (χ2n) is 9.16. The fourth-order valence-electron chi connectivity index (χ4n) is 3.93. The lowest BCUT2D eigenvalue weighted by Gasteiger charge is -2.21. The molecule has 0 spiro atoms. The summed E-state index contributed by atoms with van der Waals surface area (Å²) in [5.41, 5.74) is 0.0477. The summed E-state index contributed by atoms with van der Waals surface area (Å²) in [5.74, 6) is -2.37. The van der Waals surface area contributed by atoms with E-state index >= 15 is 4.39 Å². The Morgan fingerprint density at radius 2 is 1.76 bits per heavy atom. The molecule has 200 valence electrons. The number of methoxy groups -OCH3 is 1. The Morgan fingerprint density at radius 1 is 1.05 bits per heavy atom. The van der Waals surface area contributed by atoms with Gasteiger partial charge in [-0.15, -0.1) is 0 Å². The van der Waals surface area contributed by atoms with Crippen LogP contribution in [0.5, 0.6) is 11.5 Å². The number of benzene rings is 2. The molecule has 0 amide bonds. The van der Waals surface area contributed by atoms with Gasteiger partial charge < -0.3 is 24.3 Å². The molecule has 0 aliphatic heterocycles. The Balaban J connectivity index is 1.65. The van der Waals surface area contributed by atoms with E-state index in [2.05, 4.69) is 15.3 Å². The minimum Gasteiger partial charge on any atom is -0.487 e. The summed E-state index contributed by atoms with van der Waals surface area (Å²) < 4.78 is 65.4. The first-order valence-electron chi connectivity index (χ1n) is 12.3. The maximum absolute atomic E-state index is 15.0. The van der Waals surface area contributed by atoms with Gasteiger partial charge in [-0.25, -0.2) is 23.1 Å². The Bertz CT molecular complexity index is 1230. The topological polar surface area (TPSA) is 74.7 Å². The second kappa shape index (κ2) is 11.5. The SMILES string of the molecule is COCCOc1cc2nc(C)nc(N[C@H](C)c3cccc(C(C)(F)F)c3F)c2cc1OCCOC1CC1. The van der Waals surface area contributed by atoms with Gasteiger partial charge in [0.15, 0.2) is 11.5 Å². The zero-order valence-electron chi connectivity index (χ0n) is 21.4. The first-order valence-corrected chi connectivity index (χ1v) is 12.3. The third-order valence-corrected chi connectivity index (χ3v) is 5.96. The molecule has 1 N–H and O–H groups in total. The van der Waals surface area contributed by atoms with Crippen molar-refractivity contribution in [2.75, 3.05) is 38.9 Å². The summed E-state index contributed by atoms with van der Waals surface area (Å²) in [7, 11) is 1.59. The van der Waals surface area contributed by atoms with E-state index in [4.69, 9.17) is 18.9 Å². The van der Waals surface area contributed by atoms with Crippen molar-refractivity contribution in [3.05, 3.63) is 53.1 Å². The lowest BCUT2D eigenvalue weighted by molar-refractivity contribution is 0.0136. The number of rotatable bonds is 13.